The number of likely N-dealkylation sites (N-methyl/N-ethyl adjacent to an activating group) is 1. The van der Waals surface area contributed by atoms with Crippen LogP contribution < -0.4 is 11.3 Å². The monoisotopic (exact) mass is 303 g/mol. The van der Waals surface area contributed by atoms with Gasteiger partial charge in [-0.3, -0.25) is 10.2 Å². The van der Waals surface area contributed by atoms with E-state index in [1.54, 1.807) is 0 Å². The number of aryl methyl sites for hydroxylation is 1. The number of nitrogens with one attached hydrogen (secondary N) is 1. The second kappa shape index (κ2) is 7.36. The van der Waals surface area contributed by atoms with Gasteiger partial charge in [0.2, 0.25) is 0 Å². The number of benzene rings is 1. The molecule has 2 rings (SSSR count). The van der Waals surface area contributed by atoms with Crippen LogP contribution in [0.25, 0.3) is 0 Å². The third-order valence-corrected chi connectivity index (χ3v) is 4.53. The van der Waals surface area contributed by atoms with E-state index in [1.807, 2.05) is 19.1 Å². The predicted octanol–water partition coefficient (Wildman–Crippen LogP) is 2.33. The summed E-state index contributed by atoms with van der Waals surface area (Å²) in [6.45, 7) is 3.86. The van der Waals surface area contributed by atoms with Gasteiger partial charge in [-0.05, 0) is 37.6 Å². The first-order valence-electron chi connectivity index (χ1n) is 6.93. The Hall–Kier alpha value is -1.69. The van der Waals surface area contributed by atoms with Gasteiger partial charge in [-0.1, -0.05) is 30.3 Å². The molecular weight excluding hydrogens is 282 g/mol. The van der Waals surface area contributed by atoms with Crippen molar-refractivity contribution in [1.82, 2.24) is 10.3 Å². The van der Waals surface area contributed by atoms with Crippen LogP contribution in [-0.2, 0) is 13.0 Å². The number of carbonyl (C=O) groups is 1. The lowest BCUT2D eigenvalue weighted by molar-refractivity contribution is 0.0957. The highest BCUT2D eigenvalue weighted by molar-refractivity contribution is 7.14. The van der Waals surface area contributed by atoms with Crippen LogP contribution in [0.3, 0.4) is 0 Å². The molecule has 5 heteroatoms. The molecule has 4 nitrogen and oxygen atoms in total. The summed E-state index contributed by atoms with van der Waals surface area (Å²) in [5.74, 6) is 4.95. The Bertz CT molecular complexity index is 595. The van der Waals surface area contributed by atoms with Crippen LogP contribution in [0.15, 0.2) is 36.4 Å². The van der Waals surface area contributed by atoms with Crippen LogP contribution in [0.4, 0.5) is 0 Å². The summed E-state index contributed by atoms with van der Waals surface area (Å²) in [6, 6.07) is 12.4. The zero-order valence-corrected chi connectivity index (χ0v) is 13.2. The maximum absolute atomic E-state index is 11.5. The molecule has 0 spiro atoms. The predicted molar refractivity (Wildman–Crippen MR) is 87.2 cm³/mol. The summed E-state index contributed by atoms with van der Waals surface area (Å²) in [6.07, 6.45) is 1.02. The molecule has 112 valence electrons. The number of nitrogens with zero attached hydrogens (tertiary/aromatic N) is 1. The lowest BCUT2D eigenvalue weighted by Gasteiger charge is -2.16. The number of carbonyl (C=O) groups excluding carboxylic acids is 1. The van der Waals surface area contributed by atoms with Crippen molar-refractivity contribution in [1.29, 1.82) is 0 Å². The third-order valence-electron chi connectivity index (χ3n) is 3.44. The van der Waals surface area contributed by atoms with Crippen LogP contribution in [0.1, 0.15) is 25.7 Å². The molecule has 0 atom stereocenters. The standard InChI is InChI=1S/C16H21N3OS/c1-12-14(10-15(21-12)16(20)18-17)11-19(2)9-8-13-6-4-3-5-7-13/h3-7,10H,8-9,11,17H2,1-2H3,(H,18,20). The maximum Gasteiger partial charge on any atom is 0.275 e. The molecule has 2 aromatic rings. The number of rotatable bonds is 6. The van der Waals surface area contributed by atoms with Gasteiger partial charge in [-0.2, -0.15) is 0 Å². The number of hydrogen-bond acceptors (Lipinski definition) is 4. The molecule has 1 amide bonds. The highest BCUT2D eigenvalue weighted by Gasteiger charge is 2.12. The Balaban J connectivity index is 1.92. The third kappa shape index (κ3) is 4.39. The van der Waals surface area contributed by atoms with E-state index in [0.29, 0.717) is 4.88 Å². The van der Waals surface area contributed by atoms with E-state index in [-0.39, 0.29) is 5.91 Å². The van der Waals surface area contributed by atoms with Gasteiger partial charge >= 0.3 is 0 Å². The average Bonchev–Trinajstić information content (AvgIpc) is 2.86. The summed E-state index contributed by atoms with van der Waals surface area (Å²) in [5.41, 5.74) is 4.71. The van der Waals surface area contributed by atoms with Crippen molar-refractivity contribution in [2.45, 2.75) is 19.9 Å². The van der Waals surface area contributed by atoms with Gasteiger partial charge in [-0.15, -0.1) is 11.3 Å². The van der Waals surface area contributed by atoms with E-state index in [1.165, 1.54) is 27.3 Å². The van der Waals surface area contributed by atoms with Crippen molar-refractivity contribution in [2.24, 2.45) is 5.84 Å². The summed E-state index contributed by atoms with van der Waals surface area (Å²) in [5, 5.41) is 0. The lowest BCUT2D eigenvalue weighted by atomic mass is 10.1. The maximum atomic E-state index is 11.5. The number of hydrogen-bond donors (Lipinski definition) is 2. The minimum Gasteiger partial charge on any atom is -0.302 e. The summed E-state index contributed by atoms with van der Waals surface area (Å²) < 4.78 is 0. The number of nitrogen functional groups attached to an aromatic ring is 1. The van der Waals surface area contributed by atoms with E-state index >= 15 is 0 Å². The molecule has 3 N–H and O–H groups in total. The fraction of sp³-hybridized carbons (Fsp3) is 0.312. The van der Waals surface area contributed by atoms with Crippen LogP contribution in [0, 0.1) is 6.92 Å². The summed E-state index contributed by atoms with van der Waals surface area (Å²) >= 11 is 1.48. The second-order valence-corrected chi connectivity index (χ2v) is 6.40. The summed E-state index contributed by atoms with van der Waals surface area (Å²) in [7, 11) is 2.10. The van der Waals surface area contributed by atoms with E-state index in [2.05, 4.69) is 41.6 Å². The molecule has 1 aromatic carbocycles. The molecule has 0 saturated carbocycles. The van der Waals surface area contributed by atoms with Gasteiger partial charge in [0.1, 0.15) is 0 Å². The smallest absolute Gasteiger partial charge is 0.275 e. The lowest BCUT2D eigenvalue weighted by Crippen LogP contribution is -2.29. The Morgan fingerprint density at radius 3 is 2.71 bits per heavy atom. The average molecular weight is 303 g/mol. The Morgan fingerprint density at radius 1 is 1.33 bits per heavy atom. The van der Waals surface area contributed by atoms with Crippen LogP contribution >= 0.6 is 11.3 Å². The molecule has 21 heavy (non-hydrogen) atoms. The second-order valence-electron chi connectivity index (χ2n) is 5.14. The van der Waals surface area contributed by atoms with Crippen molar-refractivity contribution in [3.63, 3.8) is 0 Å². The highest BCUT2D eigenvalue weighted by atomic mass is 32.1. The van der Waals surface area contributed by atoms with Gasteiger partial charge in [0.15, 0.2) is 0 Å². The number of amides is 1. The molecule has 0 saturated heterocycles. The van der Waals surface area contributed by atoms with Gasteiger partial charge in [0.05, 0.1) is 4.88 Å². The largest absolute Gasteiger partial charge is 0.302 e. The number of thiophene rings is 1. The summed E-state index contributed by atoms with van der Waals surface area (Å²) in [4.78, 5) is 15.6. The van der Waals surface area contributed by atoms with Gasteiger partial charge in [0.25, 0.3) is 5.91 Å². The normalized spacial score (nSPS) is 10.9. The minimum atomic E-state index is -0.221. The van der Waals surface area contributed by atoms with Crippen LogP contribution in [0.5, 0.6) is 0 Å². The van der Waals surface area contributed by atoms with Crippen LogP contribution in [0.2, 0.25) is 0 Å². The number of hydrazine groups is 1. The Labute approximate surface area is 129 Å². The first kappa shape index (κ1) is 15.7. The highest BCUT2D eigenvalue weighted by Crippen LogP contribution is 2.22. The van der Waals surface area contributed by atoms with Crippen molar-refractivity contribution >= 4 is 17.2 Å². The van der Waals surface area contributed by atoms with Crippen molar-refractivity contribution < 1.29 is 4.79 Å². The molecule has 0 aliphatic rings. The molecule has 0 fully saturated rings. The first-order valence-corrected chi connectivity index (χ1v) is 7.74. The molecule has 1 heterocycles. The topological polar surface area (TPSA) is 58.4 Å². The van der Waals surface area contributed by atoms with E-state index < -0.39 is 0 Å². The van der Waals surface area contributed by atoms with E-state index in [4.69, 9.17) is 5.84 Å². The van der Waals surface area contributed by atoms with Gasteiger partial charge < -0.3 is 4.90 Å². The quantitative estimate of drug-likeness (QED) is 0.489. The Kier molecular flexibility index (Phi) is 5.50. The molecule has 1 aromatic heterocycles. The van der Waals surface area contributed by atoms with Crippen molar-refractivity contribution in [3.05, 3.63) is 57.3 Å². The number of nitrogens with two attached hydrogens (primary N) is 1. The fourth-order valence-corrected chi connectivity index (χ4v) is 3.13. The molecule has 0 aliphatic carbocycles. The van der Waals surface area contributed by atoms with E-state index in [0.717, 1.165) is 19.5 Å². The van der Waals surface area contributed by atoms with Gasteiger partial charge in [0, 0.05) is 18.0 Å². The van der Waals surface area contributed by atoms with Crippen LogP contribution in [-0.4, -0.2) is 24.4 Å². The molecule has 0 unspecified atom stereocenters. The zero-order chi connectivity index (χ0) is 15.2. The molecule has 0 radical (unpaired) electrons. The van der Waals surface area contributed by atoms with Gasteiger partial charge in [-0.25, -0.2) is 5.84 Å². The van der Waals surface area contributed by atoms with Crippen molar-refractivity contribution in [3.8, 4) is 0 Å². The van der Waals surface area contributed by atoms with Crippen molar-refractivity contribution in [2.75, 3.05) is 13.6 Å². The first-order chi connectivity index (χ1) is 10.1. The van der Waals surface area contributed by atoms with E-state index in [9.17, 15) is 4.79 Å². The molecular formula is C16H21N3OS. The fourth-order valence-electron chi connectivity index (χ4n) is 2.19. The molecule has 0 bridgehead atoms. The zero-order valence-electron chi connectivity index (χ0n) is 12.4. The minimum absolute atomic E-state index is 0.221. The Morgan fingerprint density at radius 2 is 2.05 bits per heavy atom. The SMILES string of the molecule is Cc1sc(C(=O)NN)cc1CN(C)CCc1ccccc1. The molecule has 0 aliphatic heterocycles.